The van der Waals surface area contributed by atoms with E-state index in [1.807, 2.05) is 0 Å². The first-order chi connectivity index (χ1) is 37.8. The lowest BCUT2D eigenvalue weighted by Gasteiger charge is -2.19. The van der Waals surface area contributed by atoms with E-state index in [4.69, 9.17) is 24.3 Å². The zero-order chi connectivity index (χ0) is 55.9. The fourth-order valence-corrected chi connectivity index (χ4v) is 11.1. The standard InChI is InChI=1S/C67H130NO8P/c1-3-5-7-9-11-13-15-17-19-21-22-23-24-25-26-27-28-29-30-31-32-33-34-35-36-37-38-39-40-41-42-43-44-46-47-49-51-53-55-57-59-66(69)73-63-65(64-75-77(71,72)74-62-61-68)76-67(70)60-58-56-54-52-50-48-45-20-18-16-14-12-10-8-6-4-2/h14,16,20,45,65H,3-13,15,17-19,21-44,46-64,68H2,1-2H3,(H,71,72)/b16-14-,45-20-. The SMILES string of the molecule is CCCCCC/C=C\C/C=C\CCCCCCCC(=O)OC(COC(=O)CCCCCCCCCCCCCCCCCCCCCCCCCCCCCCCCCCCCCCCCCC)COP(=O)(O)OCCN. The van der Waals surface area contributed by atoms with Crippen LogP contribution in [0.2, 0.25) is 0 Å². The number of unbranched alkanes of at least 4 members (excludes halogenated alkanes) is 48. The summed E-state index contributed by atoms with van der Waals surface area (Å²) >= 11 is 0. The third-order valence-corrected chi connectivity index (χ3v) is 16.3. The maximum Gasteiger partial charge on any atom is 0.472 e. The Morgan fingerprint density at radius 3 is 1.00 bits per heavy atom. The number of phosphoric acid groups is 1. The van der Waals surface area contributed by atoms with Crippen molar-refractivity contribution in [3.63, 3.8) is 0 Å². The number of hydrogen-bond acceptors (Lipinski definition) is 8. The number of phosphoric ester groups is 1. The second kappa shape index (κ2) is 63.7. The van der Waals surface area contributed by atoms with E-state index >= 15 is 0 Å². The van der Waals surface area contributed by atoms with Gasteiger partial charge >= 0.3 is 19.8 Å². The van der Waals surface area contributed by atoms with Crippen LogP contribution in [-0.4, -0.2) is 49.3 Å². The Labute approximate surface area is 478 Å². The third kappa shape index (κ3) is 63.5. The lowest BCUT2D eigenvalue weighted by atomic mass is 10.0. The van der Waals surface area contributed by atoms with E-state index in [-0.39, 0.29) is 38.6 Å². The maximum atomic E-state index is 12.7. The second-order valence-corrected chi connectivity index (χ2v) is 24.5. The van der Waals surface area contributed by atoms with Crippen molar-refractivity contribution in [3.8, 4) is 0 Å². The van der Waals surface area contributed by atoms with Gasteiger partial charge in [-0.05, 0) is 44.9 Å². The molecule has 0 aromatic rings. The number of carbonyl (C=O) groups is 2. The van der Waals surface area contributed by atoms with E-state index in [1.54, 1.807) is 0 Å². The van der Waals surface area contributed by atoms with Crippen molar-refractivity contribution >= 4 is 19.8 Å². The van der Waals surface area contributed by atoms with Crippen molar-refractivity contribution in [1.29, 1.82) is 0 Å². The summed E-state index contributed by atoms with van der Waals surface area (Å²) in [5, 5.41) is 0. The normalized spacial score (nSPS) is 13.0. The summed E-state index contributed by atoms with van der Waals surface area (Å²) in [6.07, 6.45) is 77.3. The molecule has 0 rings (SSSR count). The maximum absolute atomic E-state index is 12.7. The molecule has 0 bridgehead atoms. The molecule has 0 aromatic carbocycles. The molecule has 0 saturated heterocycles. The first-order valence-electron chi connectivity index (χ1n) is 33.8. The van der Waals surface area contributed by atoms with Gasteiger partial charge in [-0.3, -0.25) is 18.6 Å². The van der Waals surface area contributed by atoms with Crippen LogP contribution in [0.5, 0.6) is 0 Å². The van der Waals surface area contributed by atoms with E-state index in [2.05, 4.69) is 38.2 Å². The van der Waals surface area contributed by atoms with E-state index in [9.17, 15) is 19.0 Å². The van der Waals surface area contributed by atoms with Crippen LogP contribution in [0.4, 0.5) is 0 Å². The van der Waals surface area contributed by atoms with Crippen LogP contribution in [0.15, 0.2) is 24.3 Å². The average Bonchev–Trinajstić information content (AvgIpc) is 3.42. The van der Waals surface area contributed by atoms with Crippen LogP contribution in [0, 0.1) is 0 Å². The summed E-state index contributed by atoms with van der Waals surface area (Å²) in [4.78, 5) is 35.2. The molecule has 0 amide bonds. The van der Waals surface area contributed by atoms with Crippen molar-refractivity contribution < 1.29 is 37.6 Å². The van der Waals surface area contributed by atoms with Gasteiger partial charge in [-0.25, -0.2) is 4.57 Å². The predicted octanol–water partition coefficient (Wildman–Crippen LogP) is 21.8. The van der Waals surface area contributed by atoms with Crippen molar-refractivity contribution in [1.82, 2.24) is 0 Å². The summed E-state index contributed by atoms with van der Waals surface area (Å²) in [5.41, 5.74) is 5.38. The number of nitrogens with two attached hydrogens (primary N) is 1. The number of allylic oxidation sites excluding steroid dienone is 4. The molecule has 77 heavy (non-hydrogen) atoms. The monoisotopic (exact) mass is 1110 g/mol. The predicted molar refractivity (Wildman–Crippen MR) is 331 cm³/mol. The Morgan fingerprint density at radius 1 is 0.390 bits per heavy atom. The molecular weight excluding hydrogens is 978 g/mol. The van der Waals surface area contributed by atoms with Gasteiger partial charge in [0.05, 0.1) is 13.2 Å². The molecule has 0 saturated carbocycles. The van der Waals surface area contributed by atoms with E-state index in [0.29, 0.717) is 6.42 Å². The molecule has 456 valence electrons. The number of hydrogen-bond donors (Lipinski definition) is 2. The highest BCUT2D eigenvalue weighted by molar-refractivity contribution is 7.47. The molecule has 0 spiro atoms. The summed E-state index contributed by atoms with van der Waals surface area (Å²) < 4.78 is 33.0. The van der Waals surface area contributed by atoms with Gasteiger partial charge < -0.3 is 20.1 Å². The van der Waals surface area contributed by atoms with E-state index < -0.39 is 26.5 Å². The van der Waals surface area contributed by atoms with Crippen molar-refractivity contribution in [2.75, 3.05) is 26.4 Å². The molecule has 3 N–H and O–H groups in total. The average molecular weight is 1110 g/mol. The molecule has 0 aromatic heterocycles. The second-order valence-electron chi connectivity index (χ2n) is 23.1. The molecule has 0 aliphatic rings. The Hall–Kier alpha value is -1.51. The molecule has 0 aliphatic carbocycles. The Kier molecular flexibility index (Phi) is 62.4. The first-order valence-corrected chi connectivity index (χ1v) is 35.3. The Balaban J connectivity index is 3.70. The van der Waals surface area contributed by atoms with Gasteiger partial charge in [-0.15, -0.1) is 0 Å². The molecule has 2 atom stereocenters. The lowest BCUT2D eigenvalue weighted by molar-refractivity contribution is -0.161. The largest absolute Gasteiger partial charge is 0.472 e. The number of rotatable bonds is 65. The molecular formula is C67H130NO8P. The molecule has 0 fully saturated rings. The van der Waals surface area contributed by atoms with Crippen molar-refractivity contribution in [2.45, 2.75) is 367 Å². The molecule has 9 nitrogen and oxygen atoms in total. The van der Waals surface area contributed by atoms with Gasteiger partial charge in [-0.1, -0.05) is 327 Å². The van der Waals surface area contributed by atoms with Crippen LogP contribution < -0.4 is 5.73 Å². The minimum atomic E-state index is -4.39. The molecule has 0 radical (unpaired) electrons. The minimum absolute atomic E-state index is 0.0529. The van der Waals surface area contributed by atoms with Crippen LogP contribution in [0.1, 0.15) is 361 Å². The van der Waals surface area contributed by atoms with Crippen LogP contribution in [0.3, 0.4) is 0 Å². The highest BCUT2D eigenvalue weighted by atomic mass is 31.2. The number of ether oxygens (including phenoxy) is 2. The fraction of sp³-hybridized carbons (Fsp3) is 0.910. The fourth-order valence-electron chi connectivity index (χ4n) is 10.3. The van der Waals surface area contributed by atoms with Gasteiger partial charge in [0.15, 0.2) is 6.10 Å². The topological polar surface area (TPSA) is 134 Å². The number of carbonyl (C=O) groups excluding carboxylic acids is 2. The molecule has 0 aliphatic heterocycles. The van der Waals surface area contributed by atoms with Gasteiger partial charge in [0.1, 0.15) is 6.61 Å². The highest BCUT2D eigenvalue weighted by Crippen LogP contribution is 2.43. The highest BCUT2D eigenvalue weighted by Gasteiger charge is 2.26. The van der Waals surface area contributed by atoms with Crippen molar-refractivity contribution in [3.05, 3.63) is 24.3 Å². The van der Waals surface area contributed by atoms with Gasteiger partial charge in [0, 0.05) is 19.4 Å². The summed E-state index contributed by atoms with van der Waals surface area (Å²) in [7, 11) is -4.39. The number of esters is 2. The Morgan fingerprint density at radius 2 is 0.675 bits per heavy atom. The smallest absolute Gasteiger partial charge is 0.462 e. The zero-order valence-corrected chi connectivity index (χ0v) is 52.1. The molecule has 0 heterocycles. The summed E-state index contributed by atoms with van der Waals surface area (Å²) in [6.45, 7) is 3.77. The molecule has 2 unspecified atom stereocenters. The molecule has 10 heteroatoms. The van der Waals surface area contributed by atoms with Crippen LogP contribution in [-0.2, 0) is 32.7 Å². The Bertz CT molecular complexity index is 1310. The van der Waals surface area contributed by atoms with Crippen LogP contribution >= 0.6 is 7.82 Å². The van der Waals surface area contributed by atoms with Gasteiger partial charge in [0.25, 0.3) is 0 Å². The van der Waals surface area contributed by atoms with Gasteiger partial charge in [-0.2, -0.15) is 0 Å². The quantitative estimate of drug-likeness (QED) is 0.0264. The van der Waals surface area contributed by atoms with E-state index in [1.165, 1.54) is 270 Å². The lowest BCUT2D eigenvalue weighted by Crippen LogP contribution is -2.29. The first kappa shape index (κ1) is 75.5. The van der Waals surface area contributed by atoms with Crippen molar-refractivity contribution in [2.24, 2.45) is 5.73 Å². The summed E-state index contributed by atoms with van der Waals surface area (Å²) in [5.74, 6) is -0.827. The summed E-state index contributed by atoms with van der Waals surface area (Å²) in [6, 6.07) is 0. The van der Waals surface area contributed by atoms with Gasteiger partial charge in [0.2, 0.25) is 0 Å². The minimum Gasteiger partial charge on any atom is -0.462 e. The van der Waals surface area contributed by atoms with E-state index in [0.717, 1.165) is 57.8 Å². The zero-order valence-electron chi connectivity index (χ0n) is 51.2. The third-order valence-electron chi connectivity index (χ3n) is 15.3. The van der Waals surface area contributed by atoms with Crippen LogP contribution in [0.25, 0.3) is 0 Å².